The third kappa shape index (κ3) is 5.23. The predicted molar refractivity (Wildman–Crippen MR) is 141 cm³/mol. The number of carbonyl (C=O) groups is 2. The van der Waals surface area contributed by atoms with Crippen LogP contribution in [0, 0.1) is 0 Å². The number of nitrogens with one attached hydrogen (secondary N) is 1. The lowest BCUT2D eigenvalue weighted by Crippen LogP contribution is -2.17. The average molecular weight is 504 g/mol. The highest BCUT2D eigenvalue weighted by atomic mass is 32.2. The molecule has 0 saturated carbocycles. The highest BCUT2D eigenvalue weighted by Crippen LogP contribution is 2.38. The highest BCUT2D eigenvalue weighted by molar-refractivity contribution is 7.99. The largest absolute Gasteiger partial charge is 0.462 e. The summed E-state index contributed by atoms with van der Waals surface area (Å²) in [6.45, 7) is 2.09. The van der Waals surface area contributed by atoms with Crippen molar-refractivity contribution in [3.8, 4) is 11.3 Å². The summed E-state index contributed by atoms with van der Waals surface area (Å²) < 4.78 is 5.28. The van der Waals surface area contributed by atoms with Crippen molar-refractivity contribution >= 4 is 50.7 Å². The van der Waals surface area contributed by atoms with E-state index in [9.17, 15) is 9.59 Å². The molecule has 0 fully saturated rings. The fraction of sp³-hybridized carbons (Fsp3) is 0.259. The third-order valence-electron chi connectivity index (χ3n) is 5.91. The number of aryl methyl sites for hydroxylation is 1. The zero-order chi connectivity index (χ0) is 24.2. The van der Waals surface area contributed by atoms with Gasteiger partial charge in [-0.25, -0.2) is 14.8 Å². The Balaban J connectivity index is 1.29. The van der Waals surface area contributed by atoms with Crippen molar-refractivity contribution in [2.24, 2.45) is 0 Å². The number of amides is 1. The number of thiophene rings is 1. The molecule has 2 heterocycles. The van der Waals surface area contributed by atoms with Crippen LogP contribution < -0.4 is 5.32 Å². The number of rotatable bonds is 7. The van der Waals surface area contributed by atoms with Crippen LogP contribution >= 0.6 is 23.1 Å². The zero-order valence-corrected chi connectivity index (χ0v) is 21.0. The molecule has 1 N–H and O–H groups in total. The Hall–Kier alpha value is -3.23. The second-order valence-electron chi connectivity index (χ2n) is 8.26. The number of anilines is 1. The first-order valence-electron chi connectivity index (χ1n) is 11.7. The number of thioether (sulfide) groups is 1. The molecule has 0 aliphatic heterocycles. The summed E-state index contributed by atoms with van der Waals surface area (Å²) in [5.74, 6) is -0.411. The lowest BCUT2D eigenvalue weighted by molar-refractivity contribution is -0.113. The molecule has 35 heavy (non-hydrogen) atoms. The normalized spacial score (nSPS) is 12.8. The standard InChI is InChI=1S/C27H25N3O3S2/c1-2-33-26(32)24-20-9-5-6-10-22(20)35-25(24)30-23(31)16-34-27-28-14-13-21(29-27)19-12-11-17-7-3-4-8-18(17)15-19/h3-4,7-8,11-15H,2,5-6,9-10,16H2,1H3,(H,30,31). The van der Waals surface area contributed by atoms with Gasteiger partial charge in [0.15, 0.2) is 5.16 Å². The fourth-order valence-electron chi connectivity index (χ4n) is 4.29. The monoisotopic (exact) mass is 503 g/mol. The molecule has 178 valence electrons. The van der Waals surface area contributed by atoms with E-state index in [0.29, 0.717) is 22.3 Å². The fourth-order valence-corrected chi connectivity index (χ4v) is 6.21. The molecule has 6 nitrogen and oxygen atoms in total. The summed E-state index contributed by atoms with van der Waals surface area (Å²) in [4.78, 5) is 35.6. The van der Waals surface area contributed by atoms with Crippen LogP contribution in [0.15, 0.2) is 59.9 Å². The molecule has 0 saturated heterocycles. The molecule has 2 aromatic heterocycles. The van der Waals surface area contributed by atoms with Gasteiger partial charge in [-0.2, -0.15) is 0 Å². The number of aromatic nitrogens is 2. The Labute approximate surface area is 212 Å². The maximum Gasteiger partial charge on any atom is 0.341 e. The number of esters is 1. The summed E-state index contributed by atoms with van der Waals surface area (Å²) in [5, 5.41) is 6.39. The van der Waals surface area contributed by atoms with Gasteiger partial charge >= 0.3 is 5.97 Å². The van der Waals surface area contributed by atoms with Gasteiger partial charge in [0.1, 0.15) is 5.00 Å². The van der Waals surface area contributed by atoms with Gasteiger partial charge < -0.3 is 10.1 Å². The molecule has 2 aromatic carbocycles. The topological polar surface area (TPSA) is 81.2 Å². The number of carbonyl (C=O) groups excluding carboxylic acids is 2. The van der Waals surface area contributed by atoms with Crippen LogP contribution in [0.5, 0.6) is 0 Å². The Morgan fingerprint density at radius 2 is 1.91 bits per heavy atom. The highest BCUT2D eigenvalue weighted by Gasteiger charge is 2.27. The molecule has 4 aromatic rings. The summed E-state index contributed by atoms with van der Waals surface area (Å²) in [5.41, 5.74) is 3.37. The van der Waals surface area contributed by atoms with Crippen molar-refractivity contribution in [3.63, 3.8) is 0 Å². The predicted octanol–water partition coefficient (Wildman–Crippen LogP) is 6.14. The Morgan fingerprint density at radius 3 is 2.77 bits per heavy atom. The maximum atomic E-state index is 12.8. The quantitative estimate of drug-likeness (QED) is 0.185. The molecule has 0 radical (unpaired) electrons. The number of hydrogen-bond donors (Lipinski definition) is 1. The molecule has 1 aliphatic carbocycles. The number of nitrogens with zero attached hydrogens (tertiary/aromatic N) is 2. The van der Waals surface area contributed by atoms with Crippen molar-refractivity contribution in [2.45, 2.75) is 37.8 Å². The zero-order valence-electron chi connectivity index (χ0n) is 19.4. The molecule has 0 unspecified atom stereocenters. The van der Waals surface area contributed by atoms with Gasteiger partial charge in [-0.15, -0.1) is 11.3 Å². The van der Waals surface area contributed by atoms with E-state index in [1.165, 1.54) is 33.4 Å². The van der Waals surface area contributed by atoms with Crippen molar-refractivity contribution in [3.05, 3.63) is 70.7 Å². The summed E-state index contributed by atoms with van der Waals surface area (Å²) in [7, 11) is 0. The van der Waals surface area contributed by atoms with E-state index in [4.69, 9.17) is 4.74 Å². The number of benzene rings is 2. The maximum absolute atomic E-state index is 12.8. The van der Waals surface area contributed by atoms with E-state index in [2.05, 4.69) is 39.6 Å². The molecule has 8 heteroatoms. The summed E-state index contributed by atoms with van der Waals surface area (Å²) in [6, 6.07) is 16.3. The van der Waals surface area contributed by atoms with Gasteiger partial charge in [0.2, 0.25) is 5.91 Å². The molecular weight excluding hydrogens is 478 g/mol. The van der Waals surface area contributed by atoms with E-state index in [1.54, 1.807) is 13.1 Å². The first kappa shape index (κ1) is 23.5. The van der Waals surface area contributed by atoms with Crippen LogP contribution in [0.1, 0.15) is 40.6 Å². The first-order chi connectivity index (χ1) is 17.1. The first-order valence-corrected chi connectivity index (χ1v) is 13.5. The van der Waals surface area contributed by atoms with E-state index >= 15 is 0 Å². The Bertz CT molecular complexity index is 1400. The van der Waals surface area contributed by atoms with E-state index in [0.717, 1.165) is 47.9 Å². The van der Waals surface area contributed by atoms with Crippen molar-refractivity contribution in [1.29, 1.82) is 0 Å². The Kier molecular flexibility index (Phi) is 7.11. The molecule has 0 atom stereocenters. The van der Waals surface area contributed by atoms with Gasteiger partial charge in [0.25, 0.3) is 0 Å². The summed E-state index contributed by atoms with van der Waals surface area (Å²) in [6.07, 6.45) is 5.64. The van der Waals surface area contributed by atoms with Gasteiger partial charge in [0, 0.05) is 16.6 Å². The molecular formula is C27H25N3O3S2. The van der Waals surface area contributed by atoms with Crippen LogP contribution in [0.3, 0.4) is 0 Å². The molecule has 1 amide bonds. The van der Waals surface area contributed by atoms with Gasteiger partial charge in [0.05, 0.1) is 23.6 Å². The van der Waals surface area contributed by atoms with E-state index in [1.807, 2.05) is 24.3 Å². The lowest BCUT2D eigenvalue weighted by Gasteiger charge is -2.12. The second kappa shape index (κ2) is 10.6. The van der Waals surface area contributed by atoms with Crippen molar-refractivity contribution in [2.75, 3.05) is 17.7 Å². The van der Waals surface area contributed by atoms with Crippen LogP contribution in [-0.4, -0.2) is 34.2 Å². The average Bonchev–Trinajstić information content (AvgIpc) is 3.25. The lowest BCUT2D eigenvalue weighted by atomic mass is 9.95. The minimum absolute atomic E-state index is 0.145. The van der Waals surface area contributed by atoms with Gasteiger partial charge in [-0.05, 0) is 61.1 Å². The molecule has 0 spiro atoms. The molecule has 5 rings (SSSR count). The van der Waals surface area contributed by atoms with Crippen LogP contribution in [0.4, 0.5) is 5.00 Å². The van der Waals surface area contributed by atoms with E-state index in [-0.39, 0.29) is 17.6 Å². The van der Waals surface area contributed by atoms with Crippen molar-refractivity contribution < 1.29 is 14.3 Å². The second-order valence-corrected chi connectivity index (χ2v) is 10.3. The van der Waals surface area contributed by atoms with Gasteiger partial charge in [-0.3, -0.25) is 4.79 Å². The van der Waals surface area contributed by atoms with Crippen LogP contribution in [-0.2, 0) is 22.4 Å². The summed E-state index contributed by atoms with van der Waals surface area (Å²) >= 11 is 2.77. The number of hydrogen-bond acceptors (Lipinski definition) is 7. The van der Waals surface area contributed by atoms with E-state index < -0.39 is 0 Å². The van der Waals surface area contributed by atoms with Gasteiger partial charge in [-0.1, -0.05) is 48.2 Å². The van der Waals surface area contributed by atoms with Crippen LogP contribution in [0.2, 0.25) is 0 Å². The SMILES string of the molecule is CCOC(=O)c1c(NC(=O)CSc2nccc(-c3ccc4ccccc4c3)n2)sc2c1CCCC2. The minimum Gasteiger partial charge on any atom is -0.462 e. The van der Waals surface area contributed by atoms with Crippen molar-refractivity contribution in [1.82, 2.24) is 9.97 Å². The minimum atomic E-state index is -0.360. The third-order valence-corrected chi connectivity index (χ3v) is 7.98. The smallest absolute Gasteiger partial charge is 0.341 e. The number of ether oxygens (including phenoxy) is 1. The Morgan fingerprint density at radius 1 is 1.09 bits per heavy atom. The molecule has 0 bridgehead atoms. The number of fused-ring (bicyclic) bond motifs is 2. The molecule has 1 aliphatic rings. The van der Waals surface area contributed by atoms with Crippen LogP contribution in [0.25, 0.3) is 22.0 Å².